The summed E-state index contributed by atoms with van der Waals surface area (Å²) in [5.74, 6) is 6.38. The van der Waals surface area contributed by atoms with Gasteiger partial charge in [0.15, 0.2) is 0 Å². The summed E-state index contributed by atoms with van der Waals surface area (Å²) in [4.78, 5) is 16.7. The van der Waals surface area contributed by atoms with Crippen LogP contribution in [0.25, 0.3) is 22.4 Å². The van der Waals surface area contributed by atoms with Crippen molar-refractivity contribution in [3.05, 3.63) is 102 Å². The summed E-state index contributed by atoms with van der Waals surface area (Å²) in [6.07, 6.45) is 8.02. The van der Waals surface area contributed by atoms with E-state index in [4.69, 9.17) is 21.1 Å². The first-order valence-electron chi connectivity index (χ1n) is 16.0. The van der Waals surface area contributed by atoms with E-state index in [0.717, 1.165) is 60.1 Å². The van der Waals surface area contributed by atoms with E-state index in [0.29, 0.717) is 31.1 Å². The summed E-state index contributed by atoms with van der Waals surface area (Å²) in [5.41, 5.74) is 12.6. The van der Waals surface area contributed by atoms with Crippen LogP contribution in [0.4, 0.5) is 4.79 Å². The van der Waals surface area contributed by atoms with Gasteiger partial charge >= 0.3 is 6.03 Å². The summed E-state index contributed by atoms with van der Waals surface area (Å²) in [6, 6.07) is 24.4. The van der Waals surface area contributed by atoms with E-state index in [9.17, 15) is 4.79 Å². The van der Waals surface area contributed by atoms with Crippen LogP contribution in [-0.4, -0.2) is 64.8 Å². The highest BCUT2D eigenvalue weighted by molar-refractivity contribution is 5.76. The first kappa shape index (κ1) is 34.2. The molecule has 1 fully saturated rings. The van der Waals surface area contributed by atoms with Crippen LogP contribution in [0.2, 0.25) is 0 Å². The molecule has 5 rings (SSSR count). The highest BCUT2D eigenvalue weighted by Crippen LogP contribution is 2.32. The third-order valence-corrected chi connectivity index (χ3v) is 7.77. The zero-order valence-electron chi connectivity index (χ0n) is 27.4. The second kappa shape index (κ2) is 17.1. The Kier molecular flexibility index (Phi) is 12.7. The van der Waals surface area contributed by atoms with Crippen molar-refractivity contribution in [1.29, 1.82) is 0 Å². The maximum absolute atomic E-state index is 13.6. The Morgan fingerprint density at radius 2 is 1.63 bits per heavy atom. The molecule has 3 aromatic carbocycles. The molecule has 244 valence electrons. The number of carbonyl (C=O) groups excluding carboxylic acids is 1. The third kappa shape index (κ3) is 9.18. The zero-order chi connectivity index (χ0) is 32.9. The van der Waals surface area contributed by atoms with Crippen LogP contribution in [0.3, 0.4) is 0 Å². The van der Waals surface area contributed by atoms with Crippen LogP contribution in [-0.2, 0) is 11.2 Å². The largest absolute Gasteiger partial charge is 0.497 e. The Hall–Kier alpha value is -4.67. The molecule has 1 unspecified atom stereocenters. The molecule has 1 atom stereocenters. The van der Waals surface area contributed by atoms with E-state index in [2.05, 4.69) is 34.5 Å². The third-order valence-electron chi connectivity index (χ3n) is 7.77. The van der Waals surface area contributed by atoms with Gasteiger partial charge in [0, 0.05) is 32.0 Å². The second-order valence-electron chi connectivity index (χ2n) is 11.1. The molecule has 10 heteroatoms. The van der Waals surface area contributed by atoms with E-state index in [1.54, 1.807) is 26.6 Å². The van der Waals surface area contributed by atoms with E-state index in [1.165, 1.54) is 15.4 Å². The molecule has 4 N–H and O–H groups in total. The smallest absolute Gasteiger partial charge is 0.362 e. The molecule has 10 nitrogen and oxygen atoms in total. The van der Waals surface area contributed by atoms with Crippen molar-refractivity contribution in [2.24, 2.45) is 11.6 Å². The Morgan fingerprint density at radius 3 is 2.28 bits per heavy atom. The maximum atomic E-state index is 13.6. The van der Waals surface area contributed by atoms with Crippen LogP contribution in [0.1, 0.15) is 56.7 Å². The van der Waals surface area contributed by atoms with Gasteiger partial charge in [-0.3, -0.25) is 0 Å². The molecule has 0 aliphatic carbocycles. The molecule has 1 aliphatic rings. The average molecular weight is 626 g/mol. The van der Waals surface area contributed by atoms with Gasteiger partial charge in [0.05, 0.1) is 31.7 Å². The Labute approximate surface area is 272 Å². The average Bonchev–Trinajstić information content (AvgIpc) is 3.59. The lowest BCUT2D eigenvalue weighted by Crippen LogP contribution is -2.41. The minimum Gasteiger partial charge on any atom is -0.497 e. The van der Waals surface area contributed by atoms with Gasteiger partial charge in [0.2, 0.25) is 0 Å². The van der Waals surface area contributed by atoms with E-state index in [-0.39, 0.29) is 12.1 Å². The normalized spacial score (nSPS) is 14.8. The monoisotopic (exact) mass is 625 g/mol. The molecule has 0 spiro atoms. The number of nitrogens with zero attached hydrogens (tertiary/aromatic N) is 5. The number of benzene rings is 3. The number of aromatic nitrogens is 3. The summed E-state index contributed by atoms with van der Waals surface area (Å²) in [5, 5.41) is 10.3. The predicted octanol–water partition coefficient (Wildman–Crippen LogP) is 6.40. The Morgan fingerprint density at radius 1 is 0.978 bits per heavy atom. The topological polar surface area (TPSA) is 125 Å². The van der Waals surface area contributed by atoms with E-state index in [1.807, 2.05) is 67.3 Å². The van der Waals surface area contributed by atoms with Gasteiger partial charge in [-0.05, 0) is 66.5 Å². The lowest BCUT2D eigenvalue weighted by Gasteiger charge is -2.35. The number of likely N-dealkylation sites (tertiary alicyclic amines) is 1. The van der Waals surface area contributed by atoms with Crippen molar-refractivity contribution >= 4 is 6.03 Å². The molecule has 0 saturated carbocycles. The number of hydrazine groups is 1. The molecule has 1 amide bonds. The minimum atomic E-state index is -0.203. The van der Waals surface area contributed by atoms with Gasteiger partial charge in [-0.2, -0.15) is 5.10 Å². The summed E-state index contributed by atoms with van der Waals surface area (Å²) in [6.45, 7) is 5.64. The molecule has 0 radical (unpaired) electrons. The molecule has 1 aliphatic heterocycles. The number of nitrogens with two attached hydrogens (primary N) is 2. The molecule has 1 saturated heterocycles. The SMILES string of the molecule is CC.COc1ccc(-c2ccc(-c3cnn(C(=O)N4CCCCC4c4ccc(CCCOC/C(N)=C/N(C)N)cc4)n3)cc2)cc1. The molecule has 4 aromatic rings. The van der Waals surface area contributed by atoms with Crippen molar-refractivity contribution in [2.45, 2.75) is 52.0 Å². The molecular weight excluding hydrogens is 578 g/mol. The van der Waals surface area contributed by atoms with Crippen LogP contribution in [0.5, 0.6) is 5.75 Å². The van der Waals surface area contributed by atoms with Crippen LogP contribution >= 0.6 is 0 Å². The number of hydrogen-bond donors (Lipinski definition) is 2. The highest BCUT2D eigenvalue weighted by atomic mass is 16.5. The van der Waals surface area contributed by atoms with Gasteiger partial charge in [-0.1, -0.05) is 79.3 Å². The number of methoxy groups -OCH3 is 1. The Bertz CT molecular complexity index is 1530. The van der Waals surface area contributed by atoms with Gasteiger partial charge in [-0.25, -0.2) is 10.6 Å². The lowest BCUT2D eigenvalue weighted by atomic mass is 9.94. The fraction of sp³-hybridized carbons (Fsp3) is 0.361. The van der Waals surface area contributed by atoms with E-state index < -0.39 is 0 Å². The number of ether oxygens (including phenoxy) is 2. The standard InChI is InChI=1S/C34H41N7O3.C2H6/c1-39(36)23-30(35)24-44-21-5-6-25-8-10-29(11-9-25)33-7-3-4-20-40(33)34(42)41-37-22-32(38-41)28-14-12-26(13-15-28)27-16-18-31(43-2)19-17-27;1-2/h8-19,22-23,33H,3-7,20-21,24,35-36H2,1-2H3;1-2H3/b30-23-;. The molecule has 2 heterocycles. The van der Waals surface area contributed by atoms with Crippen molar-refractivity contribution in [3.63, 3.8) is 0 Å². The predicted molar refractivity (Wildman–Crippen MR) is 183 cm³/mol. The number of carbonyl (C=O) groups is 1. The molecule has 46 heavy (non-hydrogen) atoms. The van der Waals surface area contributed by atoms with Gasteiger partial charge < -0.3 is 25.1 Å². The van der Waals surface area contributed by atoms with Crippen molar-refractivity contribution in [3.8, 4) is 28.1 Å². The van der Waals surface area contributed by atoms with Gasteiger partial charge in [-0.15, -0.1) is 5.10 Å². The van der Waals surface area contributed by atoms with Crippen LogP contribution in [0, 0.1) is 0 Å². The zero-order valence-corrected chi connectivity index (χ0v) is 27.4. The summed E-state index contributed by atoms with van der Waals surface area (Å²) in [7, 11) is 3.38. The van der Waals surface area contributed by atoms with Crippen LogP contribution in [0.15, 0.2) is 90.9 Å². The molecule has 1 aromatic heterocycles. The van der Waals surface area contributed by atoms with Crippen LogP contribution < -0.4 is 16.3 Å². The first-order valence-corrected chi connectivity index (χ1v) is 16.0. The lowest BCUT2D eigenvalue weighted by molar-refractivity contribution is 0.147. The van der Waals surface area contributed by atoms with Gasteiger partial charge in [0.1, 0.15) is 11.4 Å². The van der Waals surface area contributed by atoms with Crippen molar-refractivity contribution in [2.75, 3.05) is 33.9 Å². The number of amides is 1. The highest BCUT2D eigenvalue weighted by Gasteiger charge is 2.30. The molecular formula is C36H47N7O3. The maximum Gasteiger partial charge on any atom is 0.362 e. The Balaban J connectivity index is 0.00000235. The molecule has 0 bridgehead atoms. The minimum absolute atomic E-state index is 0.0118. The number of hydrogen-bond acceptors (Lipinski definition) is 8. The van der Waals surface area contributed by atoms with E-state index >= 15 is 0 Å². The number of rotatable bonds is 11. The number of aryl methyl sites for hydroxylation is 1. The van der Waals surface area contributed by atoms with Crippen molar-refractivity contribution in [1.82, 2.24) is 24.9 Å². The summed E-state index contributed by atoms with van der Waals surface area (Å²) >= 11 is 0. The van der Waals surface area contributed by atoms with Gasteiger partial charge in [0.25, 0.3) is 0 Å². The quantitative estimate of drug-likeness (QED) is 0.112. The number of piperidine rings is 1. The summed E-state index contributed by atoms with van der Waals surface area (Å²) < 4.78 is 10.9. The van der Waals surface area contributed by atoms with Crippen molar-refractivity contribution < 1.29 is 14.3 Å². The fourth-order valence-corrected chi connectivity index (χ4v) is 5.50. The second-order valence-corrected chi connectivity index (χ2v) is 11.1. The fourth-order valence-electron chi connectivity index (χ4n) is 5.50. The first-order chi connectivity index (χ1) is 22.4.